The van der Waals surface area contributed by atoms with Gasteiger partial charge in [0, 0.05) is 36.7 Å². The lowest BCUT2D eigenvalue weighted by molar-refractivity contribution is 0.629. The van der Waals surface area contributed by atoms with Crippen molar-refractivity contribution in [3.8, 4) is 0 Å². The lowest BCUT2D eigenvalue weighted by atomic mass is 10.1. The van der Waals surface area contributed by atoms with E-state index in [0.29, 0.717) is 0 Å². The fourth-order valence-corrected chi connectivity index (χ4v) is 2.43. The molecule has 3 N–H and O–H groups in total. The molecule has 2 aromatic rings. The summed E-state index contributed by atoms with van der Waals surface area (Å²) in [6, 6.07) is 4.83. The SMILES string of the molecule is C/C=C/CCN=C(NCC)NCCc1c[nH]c2ccc(F)cc12. The Labute approximate surface area is 136 Å². The number of guanidine groups is 1. The molecule has 0 radical (unpaired) electrons. The standard InChI is InChI=1S/C18H25FN4/c1-3-5-6-10-21-18(20-4-2)22-11-9-14-13-23-17-8-7-15(19)12-16(14)17/h3,5,7-8,12-13,23H,4,6,9-11H2,1-2H3,(H2,20,21,22)/b5-3+. The predicted octanol–water partition coefficient (Wildman–Crippen LogP) is 3.37. The lowest BCUT2D eigenvalue weighted by Gasteiger charge is -2.10. The minimum atomic E-state index is -0.204. The van der Waals surface area contributed by atoms with E-state index in [9.17, 15) is 4.39 Å². The molecule has 5 heteroatoms. The highest BCUT2D eigenvalue weighted by Crippen LogP contribution is 2.19. The van der Waals surface area contributed by atoms with Gasteiger partial charge in [-0.2, -0.15) is 0 Å². The van der Waals surface area contributed by atoms with Gasteiger partial charge < -0.3 is 15.6 Å². The third kappa shape index (κ3) is 5.13. The number of allylic oxidation sites excluding steroid dienone is 1. The molecule has 1 aromatic carbocycles. The second-order valence-electron chi connectivity index (χ2n) is 5.30. The van der Waals surface area contributed by atoms with E-state index in [1.165, 1.54) is 6.07 Å². The average molecular weight is 316 g/mol. The molecular formula is C18H25FN4. The molecule has 0 aliphatic carbocycles. The molecule has 0 aliphatic heterocycles. The van der Waals surface area contributed by atoms with E-state index < -0.39 is 0 Å². The van der Waals surface area contributed by atoms with Gasteiger partial charge in [0.15, 0.2) is 5.96 Å². The first kappa shape index (κ1) is 17.1. The maximum Gasteiger partial charge on any atom is 0.191 e. The van der Waals surface area contributed by atoms with Gasteiger partial charge in [-0.3, -0.25) is 4.99 Å². The summed E-state index contributed by atoms with van der Waals surface area (Å²) >= 11 is 0. The number of hydrogen-bond acceptors (Lipinski definition) is 1. The first-order valence-electron chi connectivity index (χ1n) is 8.13. The van der Waals surface area contributed by atoms with E-state index in [4.69, 9.17) is 0 Å². The summed E-state index contributed by atoms with van der Waals surface area (Å²) in [6.45, 7) is 6.40. The lowest BCUT2D eigenvalue weighted by Crippen LogP contribution is -2.38. The van der Waals surface area contributed by atoms with Crippen molar-refractivity contribution < 1.29 is 4.39 Å². The van der Waals surface area contributed by atoms with Crippen LogP contribution in [-0.4, -0.2) is 30.6 Å². The van der Waals surface area contributed by atoms with Crippen LogP contribution in [0.15, 0.2) is 41.5 Å². The molecule has 1 heterocycles. The van der Waals surface area contributed by atoms with Gasteiger partial charge in [0.25, 0.3) is 0 Å². The molecule has 4 nitrogen and oxygen atoms in total. The third-order valence-electron chi connectivity index (χ3n) is 3.56. The van der Waals surface area contributed by atoms with Gasteiger partial charge in [0.2, 0.25) is 0 Å². The Kier molecular flexibility index (Phi) is 6.66. The fraction of sp³-hybridized carbons (Fsp3) is 0.389. The van der Waals surface area contributed by atoms with E-state index in [2.05, 4.69) is 26.7 Å². The molecule has 0 saturated carbocycles. The van der Waals surface area contributed by atoms with Crippen LogP contribution in [0.1, 0.15) is 25.8 Å². The van der Waals surface area contributed by atoms with Crippen LogP contribution in [0.2, 0.25) is 0 Å². The Bertz CT molecular complexity index is 673. The first-order valence-corrected chi connectivity index (χ1v) is 8.13. The van der Waals surface area contributed by atoms with Crippen molar-refractivity contribution in [3.05, 3.63) is 47.9 Å². The highest BCUT2D eigenvalue weighted by molar-refractivity contribution is 5.83. The van der Waals surface area contributed by atoms with Gasteiger partial charge in [0.05, 0.1) is 0 Å². The number of nitrogens with one attached hydrogen (secondary N) is 3. The topological polar surface area (TPSA) is 52.2 Å². The van der Waals surface area contributed by atoms with E-state index in [-0.39, 0.29) is 5.82 Å². The van der Waals surface area contributed by atoms with E-state index >= 15 is 0 Å². The van der Waals surface area contributed by atoms with Crippen molar-refractivity contribution in [2.45, 2.75) is 26.7 Å². The highest BCUT2D eigenvalue weighted by atomic mass is 19.1. The van der Waals surface area contributed by atoms with E-state index in [1.807, 2.05) is 26.1 Å². The zero-order chi connectivity index (χ0) is 16.5. The molecule has 0 fully saturated rings. The second-order valence-corrected chi connectivity index (χ2v) is 5.30. The molecule has 0 amide bonds. The zero-order valence-corrected chi connectivity index (χ0v) is 13.8. The van der Waals surface area contributed by atoms with Gasteiger partial charge in [-0.1, -0.05) is 12.2 Å². The largest absolute Gasteiger partial charge is 0.361 e. The maximum atomic E-state index is 13.4. The number of H-pyrrole nitrogens is 1. The summed E-state index contributed by atoms with van der Waals surface area (Å²) in [5, 5.41) is 7.50. The number of rotatable bonds is 7. The van der Waals surface area contributed by atoms with Crippen LogP contribution < -0.4 is 10.6 Å². The number of aliphatic imine (C=N–C) groups is 1. The monoisotopic (exact) mass is 316 g/mol. The number of fused-ring (bicyclic) bond motifs is 1. The van der Waals surface area contributed by atoms with Gasteiger partial charge in [-0.25, -0.2) is 4.39 Å². The minimum absolute atomic E-state index is 0.204. The maximum absolute atomic E-state index is 13.4. The van der Waals surface area contributed by atoms with Gasteiger partial charge in [0.1, 0.15) is 5.82 Å². The van der Waals surface area contributed by atoms with Gasteiger partial charge >= 0.3 is 0 Å². The Morgan fingerprint density at radius 1 is 1.35 bits per heavy atom. The number of benzene rings is 1. The Balaban J connectivity index is 1.91. The smallest absolute Gasteiger partial charge is 0.191 e. The summed E-state index contributed by atoms with van der Waals surface area (Å²) < 4.78 is 13.4. The number of aromatic amines is 1. The van der Waals surface area contributed by atoms with Crippen LogP contribution in [0, 0.1) is 5.82 Å². The third-order valence-corrected chi connectivity index (χ3v) is 3.56. The molecule has 23 heavy (non-hydrogen) atoms. The van der Waals surface area contributed by atoms with Crippen LogP contribution >= 0.6 is 0 Å². The van der Waals surface area contributed by atoms with Gasteiger partial charge in [-0.15, -0.1) is 0 Å². The molecule has 0 bridgehead atoms. The quantitative estimate of drug-likeness (QED) is 0.317. The normalized spacial score (nSPS) is 12.2. The van der Waals surface area contributed by atoms with Crippen molar-refractivity contribution >= 4 is 16.9 Å². The predicted molar refractivity (Wildman–Crippen MR) is 95.4 cm³/mol. The summed E-state index contributed by atoms with van der Waals surface area (Å²) in [7, 11) is 0. The Hall–Kier alpha value is -2.30. The molecule has 0 unspecified atom stereocenters. The van der Waals surface area contributed by atoms with Crippen molar-refractivity contribution in [2.75, 3.05) is 19.6 Å². The molecule has 0 atom stereocenters. The summed E-state index contributed by atoms with van der Waals surface area (Å²) in [4.78, 5) is 7.70. The average Bonchev–Trinajstić information content (AvgIpc) is 2.94. The summed E-state index contributed by atoms with van der Waals surface area (Å²) in [5.74, 6) is 0.619. The number of nitrogens with zero attached hydrogens (tertiary/aromatic N) is 1. The molecule has 1 aromatic heterocycles. The molecular weight excluding hydrogens is 291 g/mol. The van der Waals surface area contributed by atoms with Crippen LogP contribution in [-0.2, 0) is 6.42 Å². The van der Waals surface area contributed by atoms with Crippen LogP contribution in [0.4, 0.5) is 4.39 Å². The van der Waals surface area contributed by atoms with E-state index in [1.54, 1.807) is 12.1 Å². The zero-order valence-electron chi connectivity index (χ0n) is 13.8. The van der Waals surface area contributed by atoms with Crippen molar-refractivity contribution in [1.82, 2.24) is 15.6 Å². The molecule has 0 saturated heterocycles. The Morgan fingerprint density at radius 3 is 3.00 bits per heavy atom. The first-order chi connectivity index (χ1) is 11.2. The van der Waals surface area contributed by atoms with Crippen molar-refractivity contribution in [1.29, 1.82) is 0 Å². The molecule has 0 spiro atoms. The Morgan fingerprint density at radius 2 is 2.22 bits per heavy atom. The second kappa shape index (κ2) is 8.98. The van der Waals surface area contributed by atoms with Crippen LogP contribution in [0.3, 0.4) is 0 Å². The van der Waals surface area contributed by atoms with Crippen molar-refractivity contribution in [2.24, 2.45) is 4.99 Å². The van der Waals surface area contributed by atoms with Crippen molar-refractivity contribution in [3.63, 3.8) is 0 Å². The molecule has 2 rings (SSSR count). The number of hydrogen-bond donors (Lipinski definition) is 3. The van der Waals surface area contributed by atoms with E-state index in [0.717, 1.165) is 54.9 Å². The highest BCUT2D eigenvalue weighted by Gasteiger charge is 2.05. The number of aromatic nitrogens is 1. The van der Waals surface area contributed by atoms with Gasteiger partial charge in [-0.05, 0) is 50.5 Å². The summed E-state index contributed by atoms with van der Waals surface area (Å²) in [6.07, 6.45) is 7.83. The number of halogens is 1. The fourth-order valence-electron chi connectivity index (χ4n) is 2.43. The minimum Gasteiger partial charge on any atom is -0.361 e. The van der Waals surface area contributed by atoms with Crippen LogP contribution in [0.5, 0.6) is 0 Å². The summed E-state index contributed by atoms with van der Waals surface area (Å²) in [5.41, 5.74) is 2.07. The molecule has 124 valence electrons. The molecule has 0 aliphatic rings. The van der Waals surface area contributed by atoms with Crippen LogP contribution in [0.25, 0.3) is 10.9 Å².